The second kappa shape index (κ2) is 7.08. The Labute approximate surface area is 162 Å². The van der Waals surface area contributed by atoms with Gasteiger partial charge >= 0.3 is 0 Å². The van der Waals surface area contributed by atoms with Crippen molar-refractivity contribution in [3.05, 3.63) is 77.6 Å². The number of nitrogens with one attached hydrogen (secondary N) is 2. The third kappa shape index (κ3) is 4.31. The van der Waals surface area contributed by atoms with E-state index in [9.17, 15) is 0 Å². The fourth-order valence-electron chi connectivity index (χ4n) is 2.95. The lowest BCUT2D eigenvalue weighted by atomic mass is 9.85. The van der Waals surface area contributed by atoms with Gasteiger partial charge in [-0.15, -0.1) is 0 Å². The van der Waals surface area contributed by atoms with E-state index < -0.39 is 5.66 Å². The number of para-hydroxylation sites is 1. The van der Waals surface area contributed by atoms with Crippen molar-refractivity contribution in [1.82, 2.24) is 10.2 Å². The van der Waals surface area contributed by atoms with Crippen molar-refractivity contribution >= 4 is 11.6 Å². The van der Waals surface area contributed by atoms with Crippen molar-refractivity contribution in [2.75, 3.05) is 19.4 Å². The molecule has 1 atom stereocenters. The molecule has 1 aliphatic rings. The molecule has 1 aliphatic heterocycles. The van der Waals surface area contributed by atoms with Gasteiger partial charge in [-0.1, -0.05) is 63.2 Å². The predicted octanol–water partition coefficient (Wildman–Crippen LogP) is 3.57. The molecule has 1 heterocycles. The topological polar surface area (TPSA) is 65.7 Å². The number of nitrogens with two attached hydrogens (primary N) is 1. The second-order valence-electron chi connectivity index (χ2n) is 8.15. The van der Waals surface area contributed by atoms with Crippen LogP contribution in [0.25, 0.3) is 0 Å². The lowest BCUT2D eigenvalue weighted by Gasteiger charge is -2.33. The van der Waals surface area contributed by atoms with E-state index in [4.69, 9.17) is 10.7 Å². The SMILES string of the molecule is CN(C)C1=CC(N)(c2ccc(C(C)(C)C)cc2)N=C(Nc2ccccc2)N1. The maximum Gasteiger partial charge on any atom is 0.203 e. The third-order valence-corrected chi connectivity index (χ3v) is 4.63. The van der Waals surface area contributed by atoms with E-state index >= 15 is 0 Å². The van der Waals surface area contributed by atoms with Crippen LogP contribution in [0.3, 0.4) is 0 Å². The maximum absolute atomic E-state index is 6.74. The van der Waals surface area contributed by atoms with Gasteiger partial charge in [-0.25, -0.2) is 4.99 Å². The summed E-state index contributed by atoms with van der Waals surface area (Å²) in [7, 11) is 3.96. The van der Waals surface area contributed by atoms with Gasteiger partial charge in [0, 0.05) is 25.9 Å². The third-order valence-electron chi connectivity index (χ3n) is 4.63. The van der Waals surface area contributed by atoms with E-state index in [1.807, 2.05) is 55.4 Å². The Bertz CT molecular complexity index is 845. The molecule has 0 fully saturated rings. The summed E-state index contributed by atoms with van der Waals surface area (Å²) in [6.07, 6.45) is 1.95. The Morgan fingerprint density at radius 2 is 1.63 bits per heavy atom. The summed E-state index contributed by atoms with van der Waals surface area (Å²) < 4.78 is 0. The quantitative estimate of drug-likeness (QED) is 0.780. The molecule has 5 heteroatoms. The van der Waals surface area contributed by atoms with Crippen molar-refractivity contribution in [3.63, 3.8) is 0 Å². The van der Waals surface area contributed by atoms with Crippen molar-refractivity contribution in [2.24, 2.45) is 10.7 Å². The molecular weight excluding hydrogens is 334 g/mol. The van der Waals surface area contributed by atoms with Crippen LogP contribution in [0.2, 0.25) is 0 Å². The molecule has 0 bridgehead atoms. The van der Waals surface area contributed by atoms with Crippen molar-refractivity contribution in [2.45, 2.75) is 31.8 Å². The largest absolute Gasteiger partial charge is 0.364 e. The maximum atomic E-state index is 6.74. The Kier molecular flexibility index (Phi) is 4.98. The molecule has 2 aromatic rings. The van der Waals surface area contributed by atoms with Crippen LogP contribution in [0.1, 0.15) is 31.9 Å². The molecular formula is C22H29N5. The number of benzene rings is 2. The summed E-state index contributed by atoms with van der Waals surface area (Å²) in [6.45, 7) is 6.61. The van der Waals surface area contributed by atoms with Gasteiger partial charge in [0.2, 0.25) is 5.96 Å². The molecule has 2 aromatic carbocycles. The zero-order valence-electron chi connectivity index (χ0n) is 16.7. The normalized spacial score (nSPS) is 19.6. The van der Waals surface area contributed by atoms with E-state index in [1.165, 1.54) is 5.56 Å². The molecule has 0 spiro atoms. The minimum Gasteiger partial charge on any atom is -0.364 e. The molecule has 142 valence electrons. The first-order valence-electron chi connectivity index (χ1n) is 9.16. The first-order valence-corrected chi connectivity index (χ1v) is 9.16. The molecule has 3 rings (SSSR count). The Morgan fingerprint density at radius 3 is 2.19 bits per heavy atom. The van der Waals surface area contributed by atoms with Gasteiger partial charge in [0.25, 0.3) is 0 Å². The standard InChI is InChI=1S/C22H29N5/c1-21(2,3)16-11-13-17(14-12-16)22(23)15-19(27(4)5)25-20(26-22)24-18-9-7-6-8-10-18/h6-15H,23H2,1-5H3,(H2,24,25,26). The van der Waals surface area contributed by atoms with E-state index in [1.54, 1.807) is 0 Å². The predicted molar refractivity (Wildman–Crippen MR) is 113 cm³/mol. The summed E-state index contributed by atoms with van der Waals surface area (Å²) in [5.74, 6) is 1.51. The molecule has 1 unspecified atom stereocenters. The summed E-state index contributed by atoms with van der Waals surface area (Å²) in [4.78, 5) is 6.77. The number of aliphatic imine (C=N–C) groups is 1. The summed E-state index contributed by atoms with van der Waals surface area (Å²) >= 11 is 0. The minimum atomic E-state index is -0.946. The van der Waals surface area contributed by atoms with Gasteiger partial charge in [0.15, 0.2) is 5.66 Å². The van der Waals surface area contributed by atoms with E-state index in [-0.39, 0.29) is 5.41 Å². The lowest BCUT2D eigenvalue weighted by Crippen LogP contribution is -2.47. The molecule has 0 aromatic heterocycles. The fourth-order valence-corrected chi connectivity index (χ4v) is 2.95. The van der Waals surface area contributed by atoms with Crippen LogP contribution in [0.4, 0.5) is 5.69 Å². The Balaban J connectivity index is 1.97. The number of anilines is 1. The van der Waals surface area contributed by atoms with Crippen molar-refractivity contribution in [3.8, 4) is 0 Å². The smallest absolute Gasteiger partial charge is 0.203 e. The number of hydrogen-bond acceptors (Lipinski definition) is 5. The Morgan fingerprint density at radius 1 is 1.00 bits per heavy atom. The average Bonchev–Trinajstić information content (AvgIpc) is 2.61. The summed E-state index contributed by atoms with van der Waals surface area (Å²) in [5.41, 5.74) is 9.07. The highest BCUT2D eigenvalue weighted by molar-refractivity contribution is 5.95. The highest BCUT2D eigenvalue weighted by atomic mass is 15.3. The molecule has 0 aliphatic carbocycles. The van der Waals surface area contributed by atoms with Gasteiger partial charge < -0.3 is 15.5 Å². The average molecular weight is 364 g/mol. The lowest BCUT2D eigenvalue weighted by molar-refractivity contribution is 0.453. The molecule has 0 radical (unpaired) electrons. The number of nitrogens with zero attached hydrogens (tertiary/aromatic N) is 2. The van der Waals surface area contributed by atoms with E-state index in [0.29, 0.717) is 5.96 Å². The first kappa shape index (κ1) is 19.0. The number of hydrogen-bond donors (Lipinski definition) is 3. The van der Waals surface area contributed by atoms with E-state index in [2.05, 4.69) is 55.7 Å². The van der Waals surface area contributed by atoms with E-state index in [0.717, 1.165) is 17.1 Å². The van der Waals surface area contributed by atoms with Gasteiger partial charge in [0.05, 0.1) is 0 Å². The molecule has 0 amide bonds. The number of rotatable bonds is 3. The molecule has 0 saturated carbocycles. The molecule has 0 saturated heterocycles. The monoisotopic (exact) mass is 363 g/mol. The highest BCUT2D eigenvalue weighted by Gasteiger charge is 2.30. The van der Waals surface area contributed by atoms with Crippen LogP contribution in [-0.2, 0) is 11.1 Å². The molecule has 4 N–H and O–H groups in total. The van der Waals surface area contributed by atoms with Crippen LogP contribution in [0.15, 0.2) is 71.5 Å². The summed E-state index contributed by atoms with van der Waals surface area (Å²) in [6, 6.07) is 18.3. The minimum absolute atomic E-state index is 0.0995. The fraction of sp³-hybridized carbons (Fsp3) is 0.318. The van der Waals surface area contributed by atoms with Gasteiger partial charge in [-0.3, -0.25) is 5.73 Å². The van der Waals surface area contributed by atoms with Crippen molar-refractivity contribution < 1.29 is 0 Å². The van der Waals surface area contributed by atoms with Crippen LogP contribution in [0, 0.1) is 0 Å². The van der Waals surface area contributed by atoms with Crippen LogP contribution in [0.5, 0.6) is 0 Å². The molecule has 5 nitrogen and oxygen atoms in total. The zero-order chi connectivity index (χ0) is 19.7. The van der Waals surface area contributed by atoms with Gasteiger partial charge in [-0.05, 0) is 28.7 Å². The molecule has 27 heavy (non-hydrogen) atoms. The van der Waals surface area contributed by atoms with Gasteiger partial charge in [0.1, 0.15) is 5.82 Å². The second-order valence-corrected chi connectivity index (χ2v) is 8.15. The van der Waals surface area contributed by atoms with Crippen LogP contribution < -0.4 is 16.4 Å². The Hall–Kier alpha value is -2.79. The number of guanidine groups is 1. The van der Waals surface area contributed by atoms with Gasteiger partial charge in [-0.2, -0.15) is 0 Å². The van der Waals surface area contributed by atoms with Crippen LogP contribution >= 0.6 is 0 Å². The van der Waals surface area contributed by atoms with Crippen LogP contribution in [-0.4, -0.2) is 25.0 Å². The highest BCUT2D eigenvalue weighted by Crippen LogP contribution is 2.29. The van der Waals surface area contributed by atoms with Crippen molar-refractivity contribution in [1.29, 1.82) is 0 Å². The first-order chi connectivity index (χ1) is 12.7. The summed E-state index contributed by atoms with van der Waals surface area (Å²) in [5, 5.41) is 6.63. The zero-order valence-corrected chi connectivity index (χ0v) is 16.7.